The second kappa shape index (κ2) is 5.78. The third-order valence-electron chi connectivity index (χ3n) is 1.78. The van der Waals surface area contributed by atoms with Gasteiger partial charge in [-0.2, -0.15) is 0 Å². The van der Waals surface area contributed by atoms with Crippen LogP contribution < -0.4 is 10.5 Å². The Hall–Kier alpha value is -0.870. The van der Waals surface area contributed by atoms with Crippen LogP contribution in [0.1, 0.15) is 6.42 Å². The average Bonchev–Trinajstić information content (AvgIpc) is 2.21. The van der Waals surface area contributed by atoms with Crippen LogP contribution in [0.3, 0.4) is 0 Å². The zero-order valence-corrected chi connectivity index (χ0v) is 9.01. The number of aliphatic hydroxyl groups excluding tert-OH is 1. The van der Waals surface area contributed by atoms with E-state index in [2.05, 4.69) is 0 Å². The Morgan fingerprint density at radius 2 is 2.29 bits per heavy atom. The SMILES string of the molecule is COc1ccc(N)c(SCCCO)c1. The summed E-state index contributed by atoms with van der Waals surface area (Å²) in [7, 11) is 1.63. The summed E-state index contributed by atoms with van der Waals surface area (Å²) in [6.07, 6.45) is 0.779. The maximum absolute atomic E-state index is 8.65. The highest BCUT2D eigenvalue weighted by atomic mass is 32.2. The first-order chi connectivity index (χ1) is 6.77. The van der Waals surface area contributed by atoms with Gasteiger partial charge in [-0.1, -0.05) is 0 Å². The van der Waals surface area contributed by atoms with Crippen molar-refractivity contribution in [2.24, 2.45) is 0 Å². The fourth-order valence-corrected chi connectivity index (χ4v) is 1.94. The molecule has 3 N–H and O–H groups in total. The van der Waals surface area contributed by atoms with Gasteiger partial charge in [0.05, 0.1) is 7.11 Å². The molecule has 4 heteroatoms. The van der Waals surface area contributed by atoms with Crippen LogP contribution in [0, 0.1) is 0 Å². The molecule has 0 saturated heterocycles. The van der Waals surface area contributed by atoms with E-state index in [0.29, 0.717) is 0 Å². The predicted octanol–water partition coefficient (Wildman–Crippen LogP) is 1.75. The van der Waals surface area contributed by atoms with Crippen LogP contribution in [0.5, 0.6) is 5.75 Å². The van der Waals surface area contributed by atoms with Gasteiger partial charge in [0.15, 0.2) is 0 Å². The second-order valence-electron chi connectivity index (χ2n) is 2.83. The lowest BCUT2D eigenvalue weighted by Gasteiger charge is -2.07. The van der Waals surface area contributed by atoms with Crippen molar-refractivity contribution >= 4 is 17.4 Å². The second-order valence-corrected chi connectivity index (χ2v) is 3.97. The van der Waals surface area contributed by atoms with Crippen LogP contribution in [0.4, 0.5) is 5.69 Å². The van der Waals surface area contributed by atoms with Gasteiger partial charge >= 0.3 is 0 Å². The maximum atomic E-state index is 8.65. The molecule has 0 amide bonds. The van der Waals surface area contributed by atoms with Gasteiger partial charge in [0, 0.05) is 22.9 Å². The first-order valence-corrected chi connectivity index (χ1v) is 5.43. The Bertz CT molecular complexity index is 291. The molecule has 3 nitrogen and oxygen atoms in total. The van der Waals surface area contributed by atoms with Crippen LogP contribution in [-0.2, 0) is 0 Å². The first-order valence-electron chi connectivity index (χ1n) is 4.45. The van der Waals surface area contributed by atoms with Crippen molar-refractivity contribution in [1.29, 1.82) is 0 Å². The summed E-state index contributed by atoms with van der Waals surface area (Å²) >= 11 is 1.64. The fourth-order valence-electron chi connectivity index (χ4n) is 1.01. The summed E-state index contributed by atoms with van der Waals surface area (Å²) in [4.78, 5) is 1.01. The number of nitrogens with two attached hydrogens (primary N) is 1. The molecule has 0 saturated carbocycles. The molecule has 0 unspecified atom stereocenters. The molecule has 1 rings (SSSR count). The molecule has 0 radical (unpaired) electrons. The van der Waals surface area contributed by atoms with Gasteiger partial charge in [0.25, 0.3) is 0 Å². The third kappa shape index (κ3) is 3.12. The minimum Gasteiger partial charge on any atom is -0.497 e. The summed E-state index contributed by atoms with van der Waals surface area (Å²) in [5, 5.41) is 8.65. The molecule has 0 aliphatic rings. The standard InChI is InChI=1S/C10H15NO2S/c1-13-8-3-4-9(11)10(7-8)14-6-2-5-12/h3-4,7,12H,2,5-6,11H2,1H3. The van der Waals surface area contributed by atoms with E-state index in [4.69, 9.17) is 15.6 Å². The molecular weight excluding hydrogens is 198 g/mol. The normalized spacial score (nSPS) is 10.1. The molecule has 0 fully saturated rings. The van der Waals surface area contributed by atoms with E-state index >= 15 is 0 Å². The molecule has 78 valence electrons. The number of rotatable bonds is 5. The number of thioether (sulfide) groups is 1. The van der Waals surface area contributed by atoms with E-state index < -0.39 is 0 Å². The van der Waals surface area contributed by atoms with E-state index in [1.807, 2.05) is 18.2 Å². The number of aliphatic hydroxyl groups is 1. The van der Waals surface area contributed by atoms with E-state index in [0.717, 1.165) is 28.5 Å². The number of hydrogen-bond donors (Lipinski definition) is 2. The van der Waals surface area contributed by atoms with Crippen LogP contribution in [0.25, 0.3) is 0 Å². The highest BCUT2D eigenvalue weighted by Crippen LogP contribution is 2.29. The van der Waals surface area contributed by atoms with Crippen molar-refractivity contribution in [3.05, 3.63) is 18.2 Å². The minimum atomic E-state index is 0.219. The quantitative estimate of drug-likeness (QED) is 0.444. The lowest BCUT2D eigenvalue weighted by atomic mass is 10.3. The summed E-state index contributed by atoms with van der Waals surface area (Å²) in [6.45, 7) is 0.219. The number of nitrogen functional groups attached to an aromatic ring is 1. The molecule has 1 aromatic carbocycles. The van der Waals surface area contributed by atoms with Gasteiger partial charge in [-0.3, -0.25) is 0 Å². The number of hydrogen-bond acceptors (Lipinski definition) is 4. The number of anilines is 1. The predicted molar refractivity (Wildman–Crippen MR) is 59.8 cm³/mol. The Kier molecular flexibility index (Phi) is 4.62. The van der Waals surface area contributed by atoms with Gasteiger partial charge < -0.3 is 15.6 Å². The molecule has 0 aromatic heterocycles. The summed E-state index contributed by atoms with van der Waals surface area (Å²) in [5.74, 6) is 1.68. The van der Waals surface area contributed by atoms with Crippen molar-refractivity contribution in [2.45, 2.75) is 11.3 Å². The number of benzene rings is 1. The smallest absolute Gasteiger partial charge is 0.120 e. The molecule has 0 atom stereocenters. The fraction of sp³-hybridized carbons (Fsp3) is 0.400. The largest absolute Gasteiger partial charge is 0.497 e. The molecule has 14 heavy (non-hydrogen) atoms. The Balaban J connectivity index is 2.64. The molecule has 0 heterocycles. The Morgan fingerprint density at radius 1 is 1.50 bits per heavy atom. The zero-order chi connectivity index (χ0) is 10.4. The van der Waals surface area contributed by atoms with E-state index in [1.165, 1.54) is 0 Å². The van der Waals surface area contributed by atoms with Gasteiger partial charge in [-0.05, 0) is 24.6 Å². The number of ether oxygens (including phenoxy) is 1. The van der Waals surface area contributed by atoms with Gasteiger partial charge in [-0.25, -0.2) is 0 Å². The van der Waals surface area contributed by atoms with Crippen molar-refractivity contribution in [2.75, 3.05) is 25.2 Å². The average molecular weight is 213 g/mol. The first kappa shape index (κ1) is 11.2. The maximum Gasteiger partial charge on any atom is 0.120 e. The molecule has 0 spiro atoms. The van der Waals surface area contributed by atoms with E-state index in [1.54, 1.807) is 18.9 Å². The monoisotopic (exact) mass is 213 g/mol. The minimum absolute atomic E-state index is 0.219. The van der Waals surface area contributed by atoms with Crippen molar-refractivity contribution in [3.8, 4) is 5.75 Å². The van der Waals surface area contributed by atoms with Crippen LogP contribution >= 0.6 is 11.8 Å². The van der Waals surface area contributed by atoms with Gasteiger partial charge in [0.2, 0.25) is 0 Å². The molecule has 0 aliphatic carbocycles. The lowest BCUT2D eigenvalue weighted by molar-refractivity contribution is 0.296. The lowest BCUT2D eigenvalue weighted by Crippen LogP contribution is -1.92. The highest BCUT2D eigenvalue weighted by Gasteiger charge is 2.01. The van der Waals surface area contributed by atoms with E-state index in [9.17, 15) is 0 Å². The molecule has 0 bridgehead atoms. The third-order valence-corrected chi connectivity index (χ3v) is 2.94. The van der Waals surface area contributed by atoms with Crippen LogP contribution in [-0.4, -0.2) is 24.6 Å². The zero-order valence-electron chi connectivity index (χ0n) is 8.19. The molecular formula is C10H15NO2S. The van der Waals surface area contributed by atoms with Crippen molar-refractivity contribution < 1.29 is 9.84 Å². The topological polar surface area (TPSA) is 55.5 Å². The highest BCUT2D eigenvalue weighted by molar-refractivity contribution is 7.99. The van der Waals surface area contributed by atoms with Gasteiger partial charge in [0.1, 0.15) is 5.75 Å². The Morgan fingerprint density at radius 3 is 2.93 bits per heavy atom. The van der Waals surface area contributed by atoms with Crippen molar-refractivity contribution in [3.63, 3.8) is 0 Å². The van der Waals surface area contributed by atoms with Gasteiger partial charge in [-0.15, -0.1) is 11.8 Å². The summed E-state index contributed by atoms with van der Waals surface area (Å²) in [6, 6.07) is 5.59. The van der Waals surface area contributed by atoms with Crippen molar-refractivity contribution in [1.82, 2.24) is 0 Å². The van der Waals surface area contributed by atoms with Crippen LogP contribution in [0.15, 0.2) is 23.1 Å². The molecule has 0 aliphatic heterocycles. The van der Waals surface area contributed by atoms with Crippen LogP contribution in [0.2, 0.25) is 0 Å². The summed E-state index contributed by atoms with van der Waals surface area (Å²) in [5.41, 5.74) is 6.55. The number of methoxy groups -OCH3 is 1. The Labute approximate surface area is 88.3 Å². The summed E-state index contributed by atoms with van der Waals surface area (Å²) < 4.78 is 5.10. The molecule has 1 aromatic rings. The van der Waals surface area contributed by atoms with E-state index in [-0.39, 0.29) is 6.61 Å².